The maximum atomic E-state index is 13.8. The zero-order valence-electron chi connectivity index (χ0n) is 23.9. The van der Waals surface area contributed by atoms with Gasteiger partial charge < -0.3 is 15.0 Å². The highest BCUT2D eigenvalue weighted by molar-refractivity contribution is 7.92. The molecule has 0 radical (unpaired) electrons. The predicted molar refractivity (Wildman–Crippen MR) is 153 cm³/mol. The number of hydrogen-bond donors (Lipinski definition) is 1. The third kappa shape index (κ3) is 8.48. The van der Waals surface area contributed by atoms with Gasteiger partial charge in [-0.2, -0.15) is 0 Å². The molecule has 0 saturated heterocycles. The minimum atomic E-state index is -3.78. The topological polar surface area (TPSA) is 96.0 Å². The molecule has 0 saturated carbocycles. The van der Waals surface area contributed by atoms with E-state index < -0.39 is 28.5 Å². The third-order valence-corrected chi connectivity index (χ3v) is 7.74. The molecule has 1 N–H and O–H groups in total. The van der Waals surface area contributed by atoms with E-state index in [1.807, 2.05) is 45.0 Å². The molecule has 0 fully saturated rings. The first-order valence-electron chi connectivity index (χ1n) is 13.0. The van der Waals surface area contributed by atoms with Gasteiger partial charge in [0, 0.05) is 12.6 Å². The Bertz CT molecular complexity index is 1170. The Labute approximate surface area is 228 Å². The van der Waals surface area contributed by atoms with Crippen LogP contribution in [-0.4, -0.2) is 57.1 Å². The van der Waals surface area contributed by atoms with Crippen molar-refractivity contribution in [1.29, 1.82) is 0 Å². The molecule has 9 heteroatoms. The quantitative estimate of drug-likeness (QED) is 0.424. The van der Waals surface area contributed by atoms with Crippen LogP contribution >= 0.6 is 0 Å². The van der Waals surface area contributed by atoms with Crippen molar-refractivity contribution in [3.8, 4) is 5.75 Å². The van der Waals surface area contributed by atoms with Gasteiger partial charge in [-0.3, -0.25) is 13.9 Å². The highest BCUT2D eigenvalue weighted by Gasteiger charge is 2.32. The average Bonchev–Trinajstić information content (AvgIpc) is 2.86. The summed E-state index contributed by atoms with van der Waals surface area (Å²) in [5, 5.41) is 2.97. The molecule has 2 rings (SSSR count). The van der Waals surface area contributed by atoms with E-state index in [-0.39, 0.29) is 23.9 Å². The van der Waals surface area contributed by atoms with Gasteiger partial charge in [-0.15, -0.1) is 0 Å². The number of rotatable bonds is 12. The summed E-state index contributed by atoms with van der Waals surface area (Å²) in [6.45, 7) is 11.7. The zero-order valence-corrected chi connectivity index (χ0v) is 24.8. The molecule has 0 aliphatic carbocycles. The van der Waals surface area contributed by atoms with Crippen LogP contribution in [0.4, 0.5) is 5.69 Å². The van der Waals surface area contributed by atoms with E-state index in [0.717, 1.165) is 28.1 Å². The second-order valence-electron chi connectivity index (χ2n) is 10.7. The molecule has 2 aromatic rings. The lowest BCUT2D eigenvalue weighted by Crippen LogP contribution is -2.53. The van der Waals surface area contributed by atoms with E-state index in [1.54, 1.807) is 31.4 Å². The fraction of sp³-hybridized carbons (Fsp3) is 0.517. The van der Waals surface area contributed by atoms with Crippen molar-refractivity contribution in [2.24, 2.45) is 0 Å². The van der Waals surface area contributed by atoms with Crippen LogP contribution in [0.25, 0.3) is 0 Å². The van der Waals surface area contributed by atoms with Gasteiger partial charge in [0.2, 0.25) is 21.8 Å². The predicted octanol–water partition coefficient (Wildman–Crippen LogP) is 4.48. The lowest BCUT2D eigenvalue weighted by atomic mass is 9.87. The fourth-order valence-corrected chi connectivity index (χ4v) is 4.88. The number of methoxy groups -OCH3 is 1. The molecule has 0 aliphatic rings. The lowest BCUT2D eigenvalue weighted by molar-refractivity contribution is -0.140. The molecule has 0 aromatic heterocycles. The minimum absolute atomic E-state index is 0.0525. The van der Waals surface area contributed by atoms with Crippen LogP contribution in [0.15, 0.2) is 48.5 Å². The van der Waals surface area contributed by atoms with Gasteiger partial charge in [0.25, 0.3) is 0 Å². The van der Waals surface area contributed by atoms with E-state index in [0.29, 0.717) is 17.9 Å². The number of anilines is 1. The van der Waals surface area contributed by atoms with Crippen molar-refractivity contribution in [2.75, 3.05) is 24.2 Å². The Balaban J connectivity index is 2.45. The molecule has 0 bridgehead atoms. The van der Waals surface area contributed by atoms with Gasteiger partial charge in [0.15, 0.2) is 0 Å². The smallest absolute Gasteiger partial charge is 0.244 e. The van der Waals surface area contributed by atoms with Crippen molar-refractivity contribution in [3.63, 3.8) is 0 Å². The number of nitrogens with one attached hydrogen (secondary N) is 1. The molecule has 0 heterocycles. The van der Waals surface area contributed by atoms with E-state index in [1.165, 1.54) is 4.90 Å². The SMILES string of the molecule is CC[C@H](C(=O)N[C@@H](C)CC)N(Cc1ccc(OC)cc1)C(=O)CN(c1ccc(C(C)(C)C)cc1)S(C)(=O)=O. The summed E-state index contributed by atoms with van der Waals surface area (Å²) in [6.07, 6.45) is 2.21. The fourth-order valence-electron chi connectivity index (χ4n) is 4.03. The first-order valence-corrected chi connectivity index (χ1v) is 14.9. The van der Waals surface area contributed by atoms with Crippen LogP contribution in [-0.2, 0) is 31.6 Å². The third-order valence-electron chi connectivity index (χ3n) is 6.60. The van der Waals surface area contributed by atoms with Gasteiger partial charge >= 0.3 is 0 Å². The van der Waals surface area contributed by atoms with Gasteiger partial charge in [0.1, 0.15) is 18.3 Å². The van der Waals surface area contributed by atoms with Crippen molar-refractivity contribution in [1.82, 2.24) is 10.2 Å². The molecule has 210 valence electrons. The lowest BCUT2D eigenvalue weighted by Gasteiger charge is -2.33. The monoisotopic (exact) mass is 545 g/mol. The number of sulfonamides is 1. The Morgan fingerprint density at radius 3 is 2.00 bits per heavy atom. The Morgan fingerprint density at radius 1 is 0.974 bits per heavy atom. The van der Waals surface area contributed by atoms with Gasteiger partial charge in [0.05, 0.1) is 19.1 Å². The normalized spacial score (nSPS) is 13.4. The number of benzene rings is 2. The van der Waals surface area contributed by atoms with Gasteiger partial charge in [-0.05, 0) is 60.6 Å². The Kier molecular flexibility index (Phi) is 10.8. The van der Waals surface area contributed by atoms with Crippen molar-refractivity contribution >= 4 is 27.5 Å². The largest absolute Gasteiger partial charge is 0.497 e. The van der Waals surface area contributed by atoms with E-state index in [9.17, 15) is 18.0 Å². The van der Waals surface area contributed by atoms with E-state index >= 15 is 0 Å². The summed E-state index contributed by atoms with van der Waals surface area (Å²) in [5.74, 6) is -0.0448. The van der Waals surface area contributed by atoms with Crippen molar-refractivity contribution < 1.29 is 22.7 Å². The first-order chi connectivity index (χ1) is 17.7. The summed E-state index contributed by atoms with van der Waals surface area (Å²) in [5.41, 5.74) is 2.15. The highest BCUT2D eigenvalue weighted by Crippen LogP contribution is 2.26. The molecule has 8 nitrogen and oxygen atoms in total. The van der Waals surface area contributed by atoms with Crippen molar-refractivity contribution in [3.05, 3.63) is 59.7 Å². The number of nitrogens with zero attached hydrogens (tertiary/aromatic N) is 2. The summed E-state index contributed by atoms with van der Waals surface area (Å²) in [7, 11) is -2.21. The Hall–Kier alpha value is -3.07. The van der Waals surface area contributed by atoms with Crippen molar-refractivity contribution in [2.45, 2.75) is 78.4 Å². The number of carbonyl (C=O) groups excluding carboxylic acids is 2. The summed E-state index contributed by atoms with van der Waals surface area (Å²) < 4.78 is 32.0. The molecule has 38 heavy (non-hydrogen) atoms. The molecule has 2 amide bonds. The second-order valence-corrected chi connectivity index (χ2v) is 12.6. The van der Waals surface area contributed by atoms with E-state index in [2.05, 4.69) is 26.1 Å². The van der Waals surface area contributed by atoms with Crippen LogP contribution < -0.4 is 14.4 Å². The zero-order chi connectivity index (χ0) is 28.7. The highest BCUT2D eigenvalue weighted by atomic mass is 32.2. The molecule has 0 unspecified atom stereocenters. The maximum absolute atomic E-state index is 13.8. The molecule has 0 spiro atoms. The van der Waals surface area contributed by atoms with Crippen LogP contribution in [0, 0.1) is 0 Å². The first kappa shape index (κ1) is 31.1. The second kappa shape index (κ2) is 13.1. The number of ether oxygens (including phenoxy) is 1. The summed E-state index contributed by atoms with van der Waals surface area (Å²) in [4.78, 5) is 28.5. The molecule has 0 aliphatic heterocycles. The molecule has 2 atom stereocenters. The minimum Gasteiger partial charge on any atom is -0.497 e. The number of hydrogen-bond acceptors (Lipinski definition) is 5. The standard InChI is InChI=1S/C29H43N3O5S/c1-9-21(3)30-28(34)26(10-2)31(19-22-11-17-25(37-7)18-12-22)27(33)20-32(38(8,35)36)24-15-13-23(14-16-24)29(4,5)6/h11-18,21,26H,9-10,19-20H2,1-8H3,(H,30,34)/t21-,26+/m0/s1. The number of carbonyl (C=O) groups is 2. The van der Waals surface area contributed by atoms with E-state index in [4.69, 9.17) is 4.74 Å². The summed E-state index contributed by atoms with van der Waals surface area (Å²) >= 11 is 0. The van der Waals surface area contributed by atoms with Crippen LogP contribution in [0.5, 0.6) is 5.75 Å². The van der Waals surface area contributed by atoms with Crippen LogP contribution in [0.2, 0.25) is 0 Å². The van der Waals surface area contributed by atoms with Gasteiger partial charge in [-0.25, -0.2) is 8.42 Å². The summed E-state index contributed by atoms with van der Waals surface area (Å²) in [6, 6.07) is 13.6. The van der Waals surface area contributed by atoms with Crippen LogP contribution in [0.3, 0.4) is 0 Å². The number of amides is 2. The Morgan fingerprint density at radius 2 is 1.55 bits per heavy atom. The molecular weight excluding hydrogens is 502 g/mol. The van der Waals surface area contributed by atoms with Gasteiger partial charge in [-0.1, -0.05) is 58.9 Å². The average molecular weight is 546 g/mol. The maximum Gasteiger partial charge on any atom is 0.244 e. The van der Waals surface area contributed by atoms with Crippen LogP contribution in [0.1, 0.15) is 65.5 Å². The molecular formula is C29H43N3O5S. The molecule has 2 aromatic carbocycles.